The number of ether oxygens (including phenoxy) is 2. The van der Waals surface area contributed by atoms with Crippen LogP contribution in [0.15, 0.2) is 0 Å². The van der Waals surface area contributed by atoms with Crippen LogP contribution < -0.4 is 0 Å². The average Bonchev–Trinajstić information content (AvgIpc) is 2.42. The minimum Gasteiger partial charge on any atom is -0.393 e. The summed E-state index contributed by atoms with van der Waals surface area (Å²) in [6.07, 6.45) is -0.912. The fourth-order valence-corrected chi connectivity index (χ4v) is 1.82. The van der Waals surface area contributed by atoms with Crippen molar-refractivity contribution in [3.63, 3.8) is 0 Å². The highest BCUT2D eigenvalue weighted by atomic mass is 16.6. The van der Waals surface area contributed by atoms with E-state index in [2.05, 4.69) is 0 Å². The summed E-state index contributed by atoms with van der Waals surface area (Å²) in [7, 11) is 1.84. The molecule has 0 saturated carbocycles. The Morgan fingerprint density at radius 1 is 1.64 bits per heavy atom. The second kappa shape index (κ2) is 2.20. The Labute approximate surface area is 65.5 Å². The normalized spacial score (nSPS) is 55.3. The molecule has 2 saturated heterocycles. The van der Waals surface area contributed by atoms with Crippen molar-refractivity contribution in [1.82, 2.24) is 0 Å². The largest absolute Gasteiger partial charge is 0.393 e. The van der Waals surface area contributed by atoms with E-state index in [9.17, 15) is 5.11 Å². The maximum absolute atomic E-state index is 9.54. The van der Waals surface area contributed by atoms with Gasteiger partial charge in [0, 0.05) is 0 Å². The van der Waals surface area contributed by atoms with Crippen molar-refractivity contribution >= 4 is 7.85 Å². The van der Waals surface area contributed by atoms with Crippen molar-refractivity contribution in [3.05, 3.63) is 0 Å². The van der Waals surface area contributed by atoms with E-state index in [-0.39, 0.29) is 18.7 Å². The van der Waals surface area contributed by atoms with E-state index in [4.69, 9.17) is 14.6 Å². The first kappa shape index (κ1) is 7.55. The second-order valence-corrected chi connectivity index (χ2v) is 3.27. The SMILES string of the molecule is BC1O[C@@]2(CO)CO[C@H]1C2O. The lowest BCUT2D eigenvalue weighted by molar-refractivity contribution is -0.136. The summed E-state index contributed by atoms with van der Waals surface area (Å²) >= 11 is 0. The highest BCUT2D eigenvalue weighted by Crippen LogP contribution is 2.38. The first-order valence-corrected chi connectivity index (χ1v) is 3.78. The van der Waals surface area contributed by atoms with Crippen LogP contribution in [-0.2, 0) is 9.47 Å². The van der Waals surface area contributed by atoms with Crippen LogP contribution in [0.5, 0.6) is 0 Å². The summed E-state index contributed by atoms with van der Waals surface area (Å²) in [6.45, 7) is 0.134. The second-order valence-electron chi connectivity index (χ2n) is 3.27. The van der Waals surface area contributed by atoms with E-state index in [1.54, 1.807) is 0 Å². The zero-order valence-corrected chi connectivity index (χ0v) is 6.36. The third kappa shape index (κ3) is 0.795. The average molecular weight is 158 g/mol. The van der Waals surface area contributed by atoms with Crippen LogP contribution in [0.25, 0.3) is 0 Å². The Hall–Kier alpha value is -0.0951. The van der Waals surface area contributed by atoms with Crippen LogP contribution in [0.3, 0.4) is 0 Å². The molecule has 2 aliphatic rings. The lowest BCUT2D eigenvalue weighted by Crippen LogP contribution is -2.44. The smallest absolute Gasteiger partial charge is 0.142 e. The van der Waals surface area contributed by atoms with Gasteiger partial charge in [-0.1, -0.05) is 0 Å². The summed E-state index contributed by atoms with van der Waals surface area (Å²) in [5, 5.41) is 18.5. The van der Waals surface area contributed by atoms with Crippen molar-refractivity contribution in [2.24, 2.45) is 0 Å². The molecule has 62 valence electrons. The Balaban J connectivity index is 2.24. The Bertz CT molecular complexity index is 176. The Kier molecular flexibility index (Phi) is 1.51. The molecule has 0 aromatic rings. The first-order chi connectivity index (χ1) is 5.19. The maximum atomic E-state index is 9.54. The molecule has 2 aliphatic heterocycles. The molecule has 2 bridgehead atoms. The quantitative estimate of drug-likeness (QED) is 0.413. The molecule has 0 radical (unpaired) electrons. The minimum atomic E-state index is -0.829. The zero-order chi connectivity index (χ0) is 8.06. The third-order valence-electron chi connectivity index (χ3n) is 2.52. The molecular weight excluding hydrogens is 147 g/mol. The van der Waals surface area contributed by atoms with Gasteiger partial charge in [-0.15, -0.1) is 0 Å². The summed E-state index contributed by atoms with van der Waals surface area (Å²) in [6, 6.07) is -0.106. The third-order valence-corrected chi connectivity index (χ3v) is 2.52. The van der Waals surface area contributed by atoms with Crippen LogP contribution >= 0.6 is 0 Å². The fraction of sp³-hybridized carbons (Fsp3) is 1.00. The van der Waals surface area contributed by atoms with Gasteiger partial charge in [0.1, 0.15) is 25.7 Å². The van der Waals surface area contributed by atoms with Crippen molar-refractivity contribution < 1.29 is 19.7 Å². The van der Waals surface area contributed by atoms with Gasteiger partial charge < -0.3 is 19.7 Å². The summed E-state index contributed by atoms with van der Waals surface area (Å²) in [4.78, 5) is 0. The molecule has 2 unspecified atom stereocenters. The van der Waals surface area contributed by atoms with Gasteiger partial charge in [0.25, 0.3) is 0 Å². The van der Waals surface area contributed by atoms with Gasteiger partial charge in [0.05, 0.1) is 19.2 Å². The van der Waals surface area contributed by atoms with E-state index < -0.39 is 11.7 Å². The molecule has 0 aliphatic carbocycles. The Morgan fingerprint density at radius 2 is 2.36 bits per heavy atom. The van der Waals surface area contributed by atoms with Crippen LogP contribution in [0.2, 0.25) is 0 Å². The van der Waals surface area contributed by atoms with Crippen LogP contribution in [0.4, 0.5) is 0 Å². The van der Waals surface area contributed by atoms with Gasteiger partial charge >= 0.3 is 0 Å². The number of rotatable bonds is 1. The van der Waals surface area contributed by atoms with Crippen molar-refractivity contribution in [3.8, 4) is 0 Å². The molecule has 4 nitrogen and oxygen atoms in total. The molecule has 2 rings (SSSR count). The molecule has 0 aromatic heterocycles. The van der Waals surface area contributed by atoms with E-state index in [0.29, 0.717) is 6.61 Å². The molecule has 2 heterocycles. The fourth-order valence-electron chi connectivity index (χ4n) is 1.82. The lowest BCUT2D eigenvalue weighted by Gasteiger charge is -2.27. The monoisotopic (exact) mass is 158 g/mol. The standard InChI is InChI=1S/C6H11BO4/c7-5-3-4(9)6(1-8,11-5)2-10-3/h3-5,8-9H,1-2,7H2/t3-,4?,5?,6-/m0/s1. The lowest BCUT2D eigenvalue weighted by atomic mass is 9.92. The molecule has 0 amide bonds. The van der Waals surface area contributed by atoms with Gasteiger partial charge in [-0.2, -0.15) is 0 Å². The molecule has 5 heteroatoms. The number of hydrogen-bond acceptors (Lipinski definition) is 4. The van der Waals surface area contributed by atoms with Crippen LogP contribution in [0, 0.1) is 0 Å². The van der Waals surface area contributed by atoms with Crippen LogP contribution in [-0.4, -0.2) is 55.1 Å². The summed E-state index contributed by atoms with van der Waals surface area (Å²) in [5.41, 5.74) is -0.829. The van der Waals surface area contributed by atoms with Crippen molar-refractivity contribution in [1.29, 1.82) is 0 Å². The number of aliphatic hydroxyl groups excluding tert-OH is 2. The van der Waals surface area contributed by atoms with Gasteiger partial charge in [0.2, 0.25) is 0 Å². The first-order valence-electron chi connectivity index (χ1n) is 3.78. The van der Waals surface area contributed by atoms with E-state index in [0.717, 1.165) is 0 Å². The van der Waals surface area contributed by atoms with Crippen LogP contribution in [0.1, 0.15) is 0 Å². The number of hydrogen-bond donors (Lipinski definition) is 2. The van der Waals surface area contributed by atoms with E-state index in [1.807, 2.05) is 7.85 Å². The molecule has 11 heavy (non-hydrogen) atoms. The summed E-state index contributed by atoms with van der Waals surface area (Å²) in [5.74, 6) is 0. The zero-order valence-electron chi connectivity index (χ0n) is 6.36. The van der Waals surface area contributed by atoms with E-state index >= 15 is 0 Å². The minimum absolute atomic E-state index is 0.106. The molecular formula is C6H11BO4. The predicted molar refractivity (Wildman–Crippen MR) is 39.0 cm³/mol. The Morgan fingerprint density at radius 3 is 2.64 bits per heavy atom. The highest BCUT2D eigenvalue weighted by Gasteiger charge is 2.58. The highest BCUT2D eigenvalue weighted by molar-refractivity contribution is 6.11. The predicted octanol–water partition coefficient (Wildman–Crippen LogP) is -2.53. The van der Waals surface area contributed by atoms with E-state index in [1.165, 1.54) is 0 Å². The van der Waals surface area contributed by atoms with Gasteiger partial charge in [0.15, 0.2) is 0 Å². The molecule has 0 aromatic carbocycles. The number of aliphatic hydroxyl groups is 2. The molecule has 2 N–H and O–H groups in total. The summed E-state index contributed by atoms with van der Waals surface area (Å²) < 4.78 is 10.6. The van der Waals surface area contributed by atoms with Gasteiger partial charge in [-0.05, 0) is 0 Å². The van der Waals surface area contributed by atoms with Gasteiger partial charge in [-0.25, -0.2) is 0 Å². The molecule has 4 atom stereocenters. The van der Waals surface area contributed by atoms with Crippen molar-refractivity contribution in [2.45, 2.75) is 23.8 Å². The maximum Gasteiger partial charge on any atom is 0.142 e. The van der Waals surface area contributed by atoms with Gasteiger partial charge in [-0.3, -0.25) is 0 Å². The molecule has 2 fully saturated rings. The van der Waals surface area contributed by atoms with Crippen molar-refractivity contribution in [2.75, 3.05) is 13.2 Å². The number of fused-ring (bicyclic) bond motifs is 2. The molecule has 0 spiro atoms. The topological polar surface area (TPSA) is 58.9 Å².